The fourth-order valence-corrected chi connectivity index (χ4v) is 2.98. The van der Waals surface area contributed by atoms with Crippen molar-refractivity contribution in [1.82, 2.24) is 9.55 Å². The molecule has 3 rings (SSSR count). The van der Waals surface area contributed by atoms with Gasteiger partial charge in [-0.15, -0.1) is 0 Å². The van der Waals surface area contributed by atoms with E-state index in [2.05, 4.69) is 4.98 Å². The van der Waals surface area contributed by atoms with Crippen molar-refractivity contribution in [3.05, 3.63) is 24.3 Å². The monoisotopic (exact) mass is 248 g/mol. The van der Waals surface area contributed by atoms with E-state index in [0.29, 0.717) is 6.61 Å². The summed E-state index contributed by atoms with van der Waals surface area (Å²) in [7, 11) is 1.97. The summed E-state index contributed by atoms with van der Waals surface area (Å²) in [5.74, 6) is -0.123. The number of carbonyl (C=O) groups excluding carboxylic acids is 1. The van der Waals surface area contributed by atoms with Gasteiger partial charge in [-0.3, -0.25) is 4.79 Å². The smallest absolute Gasteiger partial charge is 0.319 e. The first-order chi connectivity index (χ1) is 8.25. The highest BCUT2D eigenvalue weighted by Gasteiger charge is 2.29. The second kappa shape index (κ2) is 4.07. The van der Waals surface area contributed by atoms with Gasteiger partial charge < -0.3 is 9.30 Å². The molecule has 1 aromatic carbocycles. The molecule has 0 aliphatic carbocycles. The Labute approximate surface area is 103 Å². The number of aromatic nitrogens is 2. The van der Waals surface area contributed by atoms with E-state index < -0.39 is 0 Å². The van der Waals surface area contributed by atoms with Crippen LogP contribution in [-0.4, -0.2) is 27.4 Å². The van der Waals surface area contributed by atoms with Crippen molar-refractivity contribution in [2.45, 2.75) is 16.8 Å². The van der Waals surface area contributed by atoms with Gasteiger partial charge in [0, 0.05) is 13.5 Å². The predicted molar refractivity (Wildman–Crippen MR) is 65.9 cm³/mol. The number of ether oxygens (including phenoxy) is 1. The average Bonchev–Trinajstić information content (AvgIpc) is 2.87. The van der Waals surface area contributed by atoms with Crippen LogP contribution in [0.3, 0.4) is 0 Å². The highest BCUT2D eigenvalue weighted by atomic mass is 32.2. The first kappa shape index (κ1) is 10.7. The summed E-state index contributed by atoms with van der Waals surface area (Å²) in [6.45, 7) is 0.528. The molecular weight excluding hydrogens is 236 g/mol. The number of imidazole rings is 1. The molecule has 0 N–H and O–H groups in total. The lowest BCUT2D eigenvalue weighted by Crippen LogP contribution is -2.10. The third-order valence-electron chi connectivity index (χ3n) is 2.88. The molecule has 2 heterocycles. The summed E-state index contributed by atoms with van der Waals surface area (Å²) in [5.41, 5.74) is 2.05. The van der Waals surface area contributed by atoms with Gasteiger partial charge in [0.2, 0.25) is 0 Å². The van der Waals surface area contributed by atoms with Crippen LogP contribution in [0.15, 0.2) is 29.4 Å². The Hall–Kier alpha value is -1.49. The zero-order valence-electron chi connectivity index (χ0n) is 9.42. The number of hydrogen-bond donors (Lipinski definition) is 0. The van der Waals surface area contributed by atoms with E-state index in [1.807, 2.05) is 35.9 Å². The first-order valence-electron chi connectivity index (χ1n) is 5.50. The van der Waals surface area contributed by atoms with E-state index in [0.717, 1.165) is 22.6 Å². The zero-order chi connectivity index (χ0) is 11.8. The SMILES string of the molecule is Cn1c(S[C@@H]2CCOC2=O)nc2ccccc21. The average molecular weight is 248 g/mol. The van der Waals surface area contributed by atoms with Crippen LogP contribution in [0.2, 0.25) is 0 Å². The van der Waals surface area contributed by atoms with E-state index in [9.17, 15) is 4.79 Å². The van der Waals surface area contributed by atoms with E-state index in [-0.39, 0.29) is 11.2 Å². The largest absolute Gasteiger partial charge is 0.465 e. The Bertz CT molecular complexity index is 579. The van der Waals surface area contributed by atoms with Crippen molar-refractivity contribution in [3.8, 4) is 0 Å². The molecule has 0 amide bonds. The minimum atomic E-state index is -0.123. The van der Waals surface area contributed by atoms with Crippen LogP contribution < -0.4 is 0 Å². The van der Waals surface area contributed by atoms with Crippen molar-refractivity contribution < 1.29 is 9.53 Å². The molecule has 0 saturated carbocycles. The van der Waals surface area contributed by atoms with Gasteiger partial charge in [-0.2, -0.15) is 0 Å². The molecule has 5 heteroatoms. The highest BCUT2D eigenvalue weighted by Crippen LogP contribution is 2.30. The third kappa shape index (κ3) is 1.80. The molecule has 1 fully saturated rings. The van der Waals surface area contributed by atoms with Gasteiger partial charge in [-0.25, -0.2) is 4.98 Å². The molecule has 88 valence electrons. The number of esters is 1. The Balaban J connectivity index is 1.95. The van der Waals surface area contributed by atoms with Crippen molar-refractivity contribution >= 4 is 28.8 Å². The van der Waals surface area contributed by atoms with Crippen LogP contribution in [0.5, 0.6) is 0 Å². The van der Waals surface area contributed by atoms with Gasteiger partial charge in [-0.1, -0.05) is 23.9 Å². The molecule has 0 spiro atoms. The van der Waals surface area contributed by atoms with Crippen molar-refractivity contribution in [2.24, 2.45) is 7.05 Å². The molecule has 1 atom stereocenters. The lowest BCUT2D eigenvalue weighted by atomic mass is 10.3. The Morgan fingerprint density at radius 3 is 3.00 bits per heavy atom. The van der Waals surface area contributed by atoms with Crippen molar-refractivity contribution in [1.29, 1.82) is 0 Å². The Kier molecular flexibility index (Phi) is 2.55. The summed E-state index contributed by atoms with van der Waals surface area (Å²) in [4.78, 5) is 16.0. The van der Waals surface area contributed by atoms with Gasteiger partial charge in [0.25, 0.3) is 0 Å². The first-order valence-corrected chi connectivity index (χ1v) is 6.38. The lowest BCUT2D eigenvalue weighted by Gasteiger charge is -2.04. The van der Waals surface area contributed by atoms with Gasteiger partial charge in [-0.05, 0) is 12.1 Å². The second-order valence-electron chi connectivity index (χ2n) is 4.00. The molecule has 1 aliphatic heterocycles. The number of carbonyl (C=O) groups is 1. The van der Waals surface area contributed by atoms with Crippen LogP contribution in [0.25, 0.3) is 11.0 Å². The van der Waals surface area contributed by atoms with Crippen molar-refractivity contribution in [3.63, 3.8) is 0 Å². The quantitative estimate of drug-likeness (QED) is 0.762. The standard InChI is InChI=1S/C12H12N2O2S/c1-14-9-5-3-2-4-8(9)13-12(14)17-10-6-7-16-11(10)15/h2-5,10H,6-7H2,1H3/t10-/m1/s1. The second-order valence-corrected chi connectivity index (χ2v) is 5.17. The molecule has 0 radical (unpaired) electrons. The number of rotatable bonds is 2. The summed E-state index contributed by atoms with van der Waals surface area (Å²) in [6, 6.07) is 7.96. The van der Waals surface area contributed by atoms with Crippen LogP contribution in [0, 0.1) is 0 Å². The molecule has 1 aromatic heterocycles. The molecule has 4 nitrogen and oxygen atoms in total. The van der Waals surface area contributed by atoms with Crippen LogP contribution in [0.1, 0.15) is 6.42 Å². The fourth-order valence-electron chi connectivity index (χ4n) is 1.94. The maximum Gasteiger partial charge on any atom is 0.319 e. The third-order valence-corrected chi connectivity index (χ3v) is 4.17. The van der Waals surface area contributed by atoms with Gasteiger partial charge in [0.1, 0.15) is 5.25 Å². The van der Waals surface area contributed by atoms with E-state index in [1.165, 1.54) is 11.8 Å². The number of hydrogen-bond acceptors (Lipinski definition) is 4. The Morgan fingerprint density at radius 1 is 1.47 bits per heavy atom. The summed E-state index contributed by atoms with van der Waals surface area (Å²) in [5, 5.41) is 0.764. The minimum absolute atomic E-state index is 0.106. The minimum Gasteiger partial charge on any atom is -0.465 e. The van der Waals surface area contributed by atoms with Crippen molar-refractivity contribution in [2.75, 3.05) is 6.61 Å². The number of benzene rings is 1. The van der Waals surface area contributed by atoms with Crippen LogP contribution in [-0.2, 0) is 16.6 Å². The Morgan fingerprint density at radius 2 is 2.29 bits per heavy atom. The summed E-state index contributed by atoms with van der Waals surface area (Å²) < 4.78 is 6.97. The number of aryl methyl sites for hydroxylation is 1. The molecule has 1 saturated heterocycles. The zero-order valence-corrected chi connectivity index (χ0v) is 10.2. The maximum absolute atomic E-state index is 11.4. The lowest BCUT2D eigenvalue weighted by molar-refractivity contribution is -0.137. The highest BCUT2D eigenvalue weighted by molar-refractivity contribution is 8.00. The molecule has 2 aromatic rings. The summed E-state index contributed by atoms with van der Waals surface area (Å²) >= 11 is 1.49. The number of fused-ring (bicyclic) bond motifs is 1. The van der Waals surface area contributed by atoms with Gasteiger partial charge in [0.15, 0.2) is 5.16 Å². The van der Waals surface area contributed by atoms with E-state index in [1.54, 1.807) is 0 Å². The van der Waals surface area contributed by atoms with E-state index >= 15 is 0 Å². The topological polar surface area (TPSA) is 44.1 Å². The molecule has 1 aliphatic rings. The molecule has 17 heavy (non-hydrogen) atoms. The number of cyclic esters (lactones) is 1. The fraction of sp³-hybridized carbons (Fsp3) is 0.333. The normalized spacial score (nSPS) is 19.8. The molecule has 0 bridgehead atoms. The molecular formula is C12H12N2O2S. The van der Waals surface area contributed by atoms with Crippen LogP contribution >= 0.6 is 11.8 Å². The maximum atomic E-state index is 11.4. The number of thioether (sulfide) groups is 1. The van der Waals surface area contributed by atoms with E-state index in [4.69, 9.17) is 4.74 Å². The summed E-state index contributed by atoms with van der Waals surface area (Å²) in [6.07, 6.45) is 0.771. The van der Waals surface area contributed by atoms with Crippen LogP contribution in [0.4, 0.5) is 0 Å². The number of para-hydroxylation sites is 2. The predicted octanol–water partition coefficient (Wildman–Crippen LogP) is 1.98. The molecule has 0 unspecified atom stereocenters. The van der Waals surface area contributed by atoms with Gasteiger partial charge >= 0.3 is 5.97 Å². The number of nitrogens with zero attached hydrogens (tertiary/aromatic N) is 2. The van der Waals surface area contributed by atoms with Gasteiger partial charge in [0.05, 0.1) is 17.6 Å².